The van der Waals surface area contributed by atoms with Crippen LogP contribution in [0.2, 0.25) is 0 Å². The average Bonchev–Trinajstić information content (AvgIpc) is 1.87. The predicted molar refractivity (Wildman–Crippen MR) is 55.9 cm³/mol. The van der Waals surface area contributed by atoms with Gasteiger partial charge < -0.3 is 10.2 Å². The van der Waals surface area contributed by atoms with Crippen molar-refractivity contribution in [3.05, 3.63) is 6.42 Å². The molecule has 0 aliphatic rings. The van der Waals surface area contributed by atoms with Crippen molar-refractivity contribution in [1.82, 2.24) is 0 Å². The SMILES string of the molecule is CC(C)C(O)[CH]C(O)C(C)C.[AlH3]. The van der Waals surface area contributed by atoms with Crippen LogP contribution in [0.3, 0.4) is 0 Å². The van der Waals surface area contributed by atoms with Gasteiger partial charge in [-0.3, -0.25) is 0 Å². The van der Waals surface area contributed by atoms with Gasteiger partial charge in [-0.25, -0.2) is 0 Å². The normalized spacial score (nSPS) is 16.0. The van der Waals surface area contributed by atoms with Gasteiger partial charge in [-0.2, -0.15) is 0 Å². The van der Waals surface area contributed by atoms with E-state index in [-0.39, 0.29) is 29.2 Å². The quantitative estimate of drug-likeness (QED) is 0.613. The summed E-state index contributed by atoms with van der Waals surface area (Å²) in [6.07, 6.45) is 0.606. The number of rotatable bonds is 4. The highest BCUT2D eigenvalue weighted by molar-refractivity contribution is 5.75. The molecule has 73 valence electrons. The van der Waals surface area contributed by atoms with Crippen LogP contribution < -0.4 is 0 Å². The third kappa shape index (κ3) is 6.02. The molecule has 0 saturated heterocycles. The lowest BCUT2D eigenvalue weighted by molar-refractivity contribution is 0.0865. The Morgan fingerprint density at radius 3 is 1.25 bits per heavy atom. The zero-order chi connectivity index (χ0) is 9.02. The highest BCUT2D eigenvalue weighted by Gasteiger charge is 2.17. The molecule has 0 fully saturated rings. The monoisotopic (exact) mass is 189 g/mol. The first kappa shape index (κ1) is 14.9. The van der Waals surface area contributed by atoms with Crippen molar-refractivity contribution in [1.29, 1.82) is 0 Å². The van der Waals surface area contributed by atoms with E-state index in [1.807, 2.05) is 27.7 Å². The first-order valence-electron chi connectivity index (χ1n) is 4.16. The van der Waals surface area contributed by atoms with E-state index in [0.717, 1.165) is 0 Å². The highest BCUT2D eigenvalue weighted by atomic mass is 27.0. The molecule has 0 heterocycles. The standard InChI is InChI=1S/C9H19O2.Al.3H/c1-6(2)8(10)5-9(11)7(3)4;;;;/h5-11H,1-4H3;;;;. The smallest absolute Gasteiger partial charge is 0.187 e. The summed E-state index contributed by atoms with van der Waals surface area (Å²) in [6, 6.07) is 0. The molecular weight excluding hydrogens is 167 g/mol. The Hall–Kier alpha value is 0.452. The van der Waals surface area contributed by atoms with Crippen LogP contribution in [0, 0.1) is 18.3 Å². The molecular formula is C9H22AlO2. The van der Waals surface area contributed by atoms with Crippen molar-refractivity contribution in [2.75, 3.05) is 0 Å². The van der Waals surface area contributed by atoms with Gasteiger partial charge >= 0.3 is 0 Å². The van der Waals surface area contributed by atoms with Crippen molar-refractivity contribution < 1.29 is 10.2 Å². The second kappa shape index (κ2) is 6.91. The molecule has 0 aromatic rings. The Labute approximate surface area is 86.1 Å². The van der Waals surface area contributed by atoms with E-state index in [2.05, 4.69) is 0 Å². The molecule has 2 atom stereocenters. The van der Waals surface area contributed by atoms with Gasteiger partial charge in [-0.1, -0.05) is 27.7 Å². The second-order valence-corrected chi connectivity index (χ2v) is 3.66. The minimum absolute atomic E-state index is 0. The fraction of sp³-hybridized carbons (Fsp3) is 0.889. The van der Waals surface area contributed by atoms with Gasteiger partial charge in [-0.15, -0.1) is 0 Å². The Morgan fingerprint density at radius 1 is 0.833 bits per heavy atom. The molecule has 0 rings (SSSR count). The first-order valence-corrected chi connectivity index (χ1v) is 4.16. The summed E-state index contributed by atoms with van der Waals surface area (Å²) in [5.74, 6) is 0.367. The maximum atomic E-state index is 9.33. The van der Waals surface area contributed by atoms with Crippen LogP contribution in [-0.4, -0.2) is 39.8 Å². The summed E-state index contributed by atoms with van der Waals surface area (Å²) >= 11 is 0. The zero-order valence-corrected chi connectivity index (χ0v) is 7.78. The number of hydrogen-bond donors (Lipinski definition) is 2. The Bertz CT molecular complexity index is 92.7. The van der Waals surface area contributed by atoms with E-state index in [4.69, 9.17) is 0 Å². The van der Waals surface area contributed by atoms with E-state index >= 15 is 0 Å². The zero-order valence-electron chi connectivity index (χ0n) is 7.78. The van der Waals surface area contributed by atoms with Crippen molar-refractivity contribution >= 4 is 17.4 Å². The largest absolute Gasteiger partial charge is 0.392 e. The minimum atomic E-state index is -0.493. The molecule has 1 radical (unpaired) electrons. The van der Waals surface area contributed by atoms with Crippen LogP contribution in [0.1, 0.15) is 27.7 Å². The van der Waals surface area contributed by atoms with E-state index in [0.29, 0.717) is 0 Å². The highest BCUT2D eigenvalue weighted by Crippen LogP contribution is 2.12. The molecule has 0 aliphatic carbocycles. The molecule has 0 bridgehead atoms. The molecule has 0 spiro atoms. The van der Waals surface area contributed by atoms with Gasteiger partial charge in [0, 0.05) is 6.42 Å². The maximum absolute atomic E-state index is 9.33. The second-order valence-electron chi connectivity index (χ2n) is 3.66. The fourth-order valence-electron chi connectivity index (χ4n) is 0.646. The Morgan fingerprint density at radius 2 is 1.08 bits per heavy atom. The molecule has 0 aliphatic heterocycles. The van der Waals surface area contributed by atoms with E-state index in [1.165, 1.54) is 0 Å². The van der Waals surface area contributed by atoms with Gasteiger partial charge in [0.15, 0.2) is 17.4 Å². The predicted octanol–water partition coefficient (Wildman–Crippen LogP) is 0.0406. The summed E-state index contributed by atoms with van der Waals surface area (Å²) in [6.45, 7) is 7.70. The van der Waals surface area contributed by atoms with E-state index < -0.39 is 12.2 Å². The Balaban J connectivity index is 0. The first-order chi connectivity index (χ1) is 4.95. The molecule has 2 N–H and O–H groups in total. The van der Waals surface area contributed by atoms with Crippen LogP contribution in [0.4, 0.5) is 0 Å². The van der Waals surface area contributed by atoms with Gasteiger partial charge in [0.2, 0.25) is 0 Å². The lowest BCUT2D eigenvalue weighted by Crippen LogP contribution is -2.26. The van der Waals surface area contributed by atoms with Crippen molar-refractivity contribution in [2.24, 2.45) is 11.8 Å². The summed E-state index contributed by atoms with van der Waals surface area (Å²) in [5.41, 5.74) is 0. The average molecular weight is 189 g/mol. The van der Waals surface area contributed by atoms with Crippen molar-refractivity contribution in [3.8, 4) is 0 Å². The van der Waals surface area contributed by atoms with Gasteiger partial charge in [0.05, 0.1) is 12.2 Å². The third-order valence-corrected chi connectivity index (χ3v) is 1.76. The number of hydrogen-bond acceptors (Lipinski definition) is 2. The van der Waals surface area contributed by atoms with Gasteiger partial charge in [-0.05, 0) is 11.8 Å². The van der Waals surface area contributed by atoms with Gasteiger partial charge in [0.25, 0.3) is 0 Å². The summed E-state index contributed by atoms with van der Waals surface area (Å²) in [4.78, 5) is 0. The molecule has 2 unspecified atom stereocenters. The molecule has 0 amide bonds. The maximum Gasteiger partial charge on any atom is 0.187 e. The topological polar surface area (TPSA) is 40.5 Å². The number of aliphatic hydroxyl groups excluding tert-OH is 2. The summed E-state index contributed by atoms with van der Waals surface area (Å²) < 4.78 is 0. The van der Waals surface area contributed by atoms with Crippen molar-refractivity contribution in [3.63, 3.8) is 0 Å². The van der Waals surface area contributed by atoms with Crippen LogP contribution in [-0.2, 0) is 0 Å². The van der Waals surface area contributed by atoms with Crippen LogP contribution in [0.25, 0.3) is 0 Å². The fourth-order valence-corrected chi connectivity index (χ4v) is 0.646. The molecule has 2 nitrogen and oxygen atoms in total. The molecule has 3 heteroatoms. The van der Waals surface area contributed by atoms with Crippen molar-refractivity contribution in [2.45, 2.75) is 39.9 Å². The van der Waals surface area contributed by atoms with Gasteiger partial charge in [0.1, 0.15) is 0 Å². The lowest BCUT2D eigenvalue weighted by Gasteiger charge is -2.20. The van der Waals surface area contributed by atoms with Crippen LogP contribution >= 0.6 is 0 Å². The lowest BCUT2D eigenvalue weighted by atomic mass is 9.95. The molecule has 12 heavy (non-hydrogen) atoms. The van der Waals surface area contributed by atoms with E-state index in [1.54, 1.807) is 6.42 Å². The Kier molecular flexibility index (Phi) is 8.61. The summed E-state index contributed by atoms with van der Waals surface area (Å²) in [7, 11) is 0. The molecule has 0 aromatic heterocycles. The van der Waals surface area contributed by atoms with E-state index in [9.17, 15) is 10.2 Å². The third-order valence-electron chi connectivity index (χ3n) is 1.76. The summed E-state index contributed by atoms with van der Waals surface area (Å²) in [5, 5.41) is 18.7. The van der Waals surface area contributed by atoms with Crippen LogP contribution in [0.5, 0.6) is 0 Å². The number of aliphatic hydroxyl groups is 2. The van der Waals surface area contributed by atoms with Crippen LogP contribution in [0.15, 0.2) is 0 Å². The molecule has 0 aromatic carbocycles. The minimum Gasteiger partial charge on any atom is -0.392 e. The molecule has 0 saturated carbocycles.